The SMILES string of the molecule is C=CCN1C(=O)/C(=C/c2ccc(OCC)cc2)SC1=S. The van der Waals surface area contributed by atoms with Crippen molar-refractivity contribution in [1.29, 1.82) is 0 Å². The standard InChI is InChI=1S/C15H15NO2S2/c1-3-9-16-14(17)13(20-15(16)19)10-11-5-7-12(8-6-11)18-4-2/h3,5-8,10H,1,4,9H2,2H3/b13-10-. The molecule has 1 fully saturated rings. The Morgan fingerprint density at radius 3 is 2.70 bits per heavy atom. The lowest BCUT2D eigenvalue weighted by atomic mass is 10.2. The Morgan fingerprint density at radius 1 is 1.40 bits per heavy atom. The third-order valence-corrected chi connectivity index (χ3v) is 4.05. The normalized spacial score (nSPS) is 16.9. The first-order valence-electron chi connectivity index (χ1n) is 6.25. The Kier molecular flexibility index (Phi) is 4.98. The van der Waals surface area contributed by atoms with Gasteiger partial charge < -0.3 is 4.74 Å². The van der Waals surface area contributed by atoms with Crippen LogP contribution in [0.2, 0.25) is 0 Å². The molecule has 20 heavy (non-hydrogen) atoms. The molecule has 1 saturated heterocycles. The summed E-state index contributed by atoms with van der Waals surface area (Å²) in [5.74, 6) is 0.762. The number of rotatable bonds is 5. The highest BCUT2D eigenvalue weighted by molar-refractivity contribution is 8.26. The van der Waals surface area contributed by atoms with E-state index in [0.29, 0.717) is 22.4 Å². The zero-order chi connectivity index (χ0) is 14.5. The van der Waals surface area contributed by atoms with E-state index >= 15 is 0 Å². The largest absolute Gasteiger partial charge is 0.494 e. The Hall–Kier alpha value is -1.59. The van der Waals surface area contributed by atoms with Crippen molar-refractivity contribution in [3.63, 3.8) is 0 Å². The molecule has 0 spiro atoms. The summed E-state index contributed by atoms with van der Waals surface area (Å²) in [4.78, 5) is 14.3. The summed E-state index contributed by atoms with van der Waals surface area (Å²) in [5, 5.41) is 0. The van der Waals surface area contributed by atoms with E-state index in [2.05, 4.69) is 6.58 Å². The zero-order valence-electron chi connectivity index (χ0n) is 11.2. The molecule has 0 bridgehead atoms. The number of amides is 1. The van der Waals surface area contributed by atoms with E-state index in [9.17, 15) is 4.79 Å². The summed E-state index contributed by atoms with van der Waals surface area (Å²) < 4.78 is 5.96. The van der Waals surface area contributed by atoms with Crippen molar-refractivity contribution in [1.82, 2.24) is 4.90 Å². The minimum Gasteiger partial charge on any atom is -0.494 e. The number of ether oxygens (including phenoxy) is 1. The van der Waals surface area contributed by atoms with Crippen molar-refractivity contribution in [3.8, 4) is 5.75 Å². The van der Waals surface area contributed by atoms with E-state index in [-0.39, 0.29) is 5.91 Å². The van der Waals surface area contributed by atoms with Gasteiger partial charge in [-0.15, -0.1) is 6.58 Å². The second-order valence-electron chi connectivity index (χ2n) is 4.08. The highest BCUT2D eigenvalue weighted by Gasteiger charge is 2.30. The van der Waals surface area contributed by atoms with Crippen LogP contribution in [0.3, 0.4) is 0 Å². The fraction of sp³-hybridized carbons (Fsp3) is 0.200. The number of hydrogen-bond acceptors (Lipinski definition) is 4. The first-order chi connectivity index (χ1) is 9.65. The van der Waals surface area contributed by atoms with E-state index in [1.54, 1.807) is 11.0 Å². The molecule has 3 nitrogen and oxygen atoms in total. The third kappa shape index (κ3) is 3.29. The molecule has 0 aromatic heterocycles. The highest BCUT2D eigenvalue weighted by atomic mass is 32.2. The van der Waals surface area contributed by atoms with Crippen LogP contribution in [0.5, 0.6) is 5.75 Å². The molecule has 2 rings (SSSR count). The van der Waals surface area contributed by atoms with Crippen LogP contribution in [-0.2, 0) is 4.79 Å². The van der Waals surface area contributed by atoms with Gasteiger partial charge in [0.1, 0.15) is 10.1 Å². The molecule has 1 aliphatic rings. The lowest BCUT2D eigenvalue weighted by Crippen LogP contribution is -2.27. The average molecular weight is 305 g/mol. The highest BCUT2D eigenvalue weighted by Crippen LogP contribution is 2.32. The van der Waals surface area contributed by atoms with Gasteiger partial charge in [-0.25, -0.2) is 0 Å². The van der Waals surface area contributed by atoms with E-state index < -0.39 is 0 Å². The second kappa shape index (κ2) is 6.72. The van der Waals surface area contributed by atoms with Gasteiger partial charge in [-0.1, -0.05) is 42.2 Å². The van der Waals surface area contributed by atoms with Crippen molar-refractivity contribution < 1.29 is 9.53 Å². The number of carbonyl (C=O) groups is 1. The van der Waals surface area contributed by atoms with Crippen molar-refractivity contribution in [2.75, 3.05) is 13.2 Å². The van der Waals surface area contributed by atoms with E-state index in [4.69, 9.17) is 17.0 Å². The van der Waals surface area contributed by atoms with Crippen molar-refractivity contribution in [3.05, 3.63) is 47.4 Å². The molecule has 0 saturated carbocycles. The summed E-state index contributed by atoms with van der Waals surface area (Å²) in [6.07, 6.45) is 3.52. The summed E-state index contributed by atoms with van der Waals surface area (Å²) in [6, 6.07) is 7.62. The molecule has 104 valence electrons. The molecule has 0 unspecified atom stereocenters. The maximum absolute atomic E-state index is 12.2. The molecule has 0 atom stereocenters. The first kappa shape index (κ1) is 14.8. The predicted octanol–water partition coefficient (Wildman–Crippen LogP) is 3.47. The molecule has 0 radical (unpaired) electrons. The van der Waals surface area contributed by atoms with Gasteiger partial charge in [0.15, 0.2) is 0 Å². The van der Waals surface area contributed by atoms with Crippen LogP contribution in [0, 0.1) is 0 Å². The van der Waals surface area contributed by atoms with Gasteiger partial charge in [0.2, 0.25) is 0 Å². The molecule has 1 aromatic carbocycles. The number of hydrogen-bond donors (Lipinski definition) is 0. The average Bonchev–Trinajstić information content (AvgIpc) is 2.69. The molecule has 0 N–H and O–H groups in total. The van der Waals surface area contributed by atoms with Crippen LogP contribution in [0.25, 0.3) is 6.08 Å². The van der Waals surface area contributed by atoms with E-state index in [1.807, 2.05) is 37.3 Å². The minimum atomic E-state index is -0.0613. The Bertz CT molecular complexity index is 564. The van der Waals surface area contributed by atoms with Gasteiger partial charge in [0.05, 0.1) is 11.5 Å². The molecule has 1 aliphatic heterocycles. The molecule has 5 heteroatoms. The van der Waals surface area contributed by atoms with Gasteiger partial charge in [0, 0.05) is 6.54 Å². The van der Waals surface area contributed by atoms with Gasteiger partial charge in [-0.3, -0.25) is 9.69 Å². The molecule has 1 heterocycles. The summed E-state index contributed by atoms with van der Waals surface area (Å²) >= 11 is 6.51. The number of carbonyl (C=O) groups excluding carboxylic acids is 1. The number of nitrogens with zero attached hydrogens (tertiary/aromatic N) is 1. The minimum absolute atomic E-state index is 0.0613. The fourth-order valence-electron chi connectivity index (χ4n) is 1.76. The summed E-state index contributed by atoms with van der Waals surface area (Å²) in [6.45, 7) is 6.66. The monoisotopic (exact) mass is 305 g/mol. The third-order valence-electron chi connectivity index (χ3n) is 2.67. The quantitative estimate of drug-likeness (QED) is 0.473. The van der Waals surface area contributed by atoms with E-state index in [0.717, 1.165) is 11.3 Å². The smallest absolute Gasteiger partial charge is 0.266 e. The van der Waals surface area contributed by atoms with Crippen molar-refractivity contribution in [2.24, 2.45) is 0 Å². The molecule has 0 aliphatic carbocycles. The van der Waals surface area contributed by atoms with Crippen molar-refractivity contribution in [2.45, 2.75) is 6.92 Å². The van der Waals surface area contributed by atoms with E-state index in [1.165, 1.54) is 11.8 Å². The van der Waals surface area contributed by atoms with Gasteiger partial charge in [-0.2, -0.15) is 0 Å². The molecular weight excluding hydrogens is 290 g/mol. The molecule has 1 aromatic rings. The summed E-state index contributed by atoms with van der Waals surface area (Å²) in [7, 11) is 0. The summed E-state index contributed by atoms with van der Waals surface area (Å²) in [5.41, 5.74) is 0.951. The molecule has 1 amide bonds. The van der Waals surface area contributed by atoms with Crippen LogP contribution < -0.4 is 4.74 Å². The van der Waals surface area contributed by atoms with Crippen LogP contribution in [0.1, 0.15) is 12.5 Å². The zero-order valence-corrected chi connectivity index (χ0v) is 12.8. The first-order valence-corrected chi connectivity index (χ1v) is 7.47. The Morgan fingerprint density at radius 2 is 2.10 bits per heavy atom. The molecular formula is C15H15NO2S2. The van der Waals surface area contributed by atoms with Gasteiger partial charge in [-0.05, 0) is 30.7 Å². The number of thioether (sulfide) groups is 1. The Labute approximate surface area is 128 Å². The maximum Gasteiger partial charge on any atom is 0.266 e. The van der Waals surface area contributed by atoms with Crippen LogP contribution in [0.15, 0.2) is 41.8 Å². The maximum atomic E-state index is 12.2. The lowest BCUT2D eigenvalue weighted by molar-refractivity contribution is -0.121. The number of thiocarbonyl (C=S) groups is 1. The second-order valence-corrected chi connectivity index (χ2v) is 5.76. The van der Waals surface area contributed by atoms with Crippen molar-refractivity contribution >= 4 is 40.3 Å². The topological polar surface area (TPSA) is 29.5 Å². The van der Waals surface area contributed by atoms with Crippen LogP contribution in [0.4, 0.5) is 0 Å². The Balaban J connectivity index is 2.17. The predicted molar refractivity (Wildman–Crippen MR) is 87.7 cm³/mol. The number of benzene rings is 1. The fourth-order valence-corrected chi connectivity index (χ4v) is 3.04. The van der Waals surface area contributed by atoms with Crippen LogP contribution >= 0.6 is 24.0 Å². The van der Waals surface area contributed by atoms with Gasteiger partial charge in [0.25, 0.3) is 5.91 Å². The lowest BCUT2D eigenvalue weighted by Gasteiger charge is -2.10. The van der Waals surface area contributed by atoms with Crippen LogP contribution in [-0.4, -0.2) is 28.3 Å². The van der Waals surface area contributed by atoms with Gasteiger partial charge >= 0.3 is 0 Å².